The zero-order chi connectivity index (χ0) is 18.1. The molecule has 2 heterocycles. The lowest BCUT2D eigenvalue weighted by molar-refractivity contribution is 0.0303. The molecule has 1 fully saturated rings. The smallest absolute Gasteiger partial charge is 0.256 e. The van der Waals surface area contributed by atoms with Crippen LogP contribution in [0.1, 0.15) is 15.9 Å². The molecule has 3 aromatic rings. The van der Waals surface area contributed by atoms with E-state index in [1.807, 2.05) is 55.5 Å². The van der Waals surface area contributed by atoms with Crippen LogP contribution in [0.5, 0.6) is 0 Å². The van der Waals surface area contributed by atoms with Gasteiger partial charge in [0.2, 0.25) is 0 Å². The third kappa shape index (κ3) is 3.02. The number of amides is 1. The van der Waals surface area contributed by atoms with Crippen molar-refractivity contribution in [2.45, 2.75) is 6.92 Å². The molecule has 0 aliphatic carbocycles. The Morgan fingerprint density at radius 3 is 2.50 bits per heavy atom. The minimum atomic E-state index is -0.102. The van der Waals surface area contributed by atoms with Crippen LogP contribution in [-0.2, 0) is 4.74 Å². The Morgan fingerprint density at radius 2 is 1.77 bits per heavy atom. The molecule has 1 aliphatic rings. The summed E-state index contributed by atoms with van der Waals surface area (Å²) >= 11 is 0. The number of nitrogens with zero attached hydrogens (tertiary/aromatic N) is 1. The van der Waals surface area contributed by atoms with E-state index in [1.54, 1.807) is 4.90 Å². The number of hydrogen-bond acceptors (Lipinski definition) is 3. The van der Waals surface area contributed by atoms with Gasteiger partial charge in [-0.15, -0.1) is 0 Å². The van der Waals surface area contributed by atoms with E-state index in [0.29, 0.717) is 37.3 Å². The Morgan fingerprint density at radius 1 is 1.04 bits per heavy atom. The minimum Gasteiger partial charge on any atom is -0.378 e. The van der Waals surface area contributed by atoms with Gasteiger partial charge in [-0.05, 0) is 47.7 Å². The van der Waals surface area contributed by atoms with Crippen LogP contribution in [-0.4, -0.2) is 42.1 Å². The number of morpholine rings is 1. The maximum Gasteiger partial charge on any atom is 0.256 e. The molecule has 1 amide bonds. The molecule has 2 aromatic carbocycles. The maximum atomic E-state index is 12.5. The third-order valence-electron chi connectivity index (χ3n) is 4.85. The van der Waals surface area contributed by atoms with E-state index >= 15 is 0 Å². The molecule has 1 N–H and O–H groups in total. The van der Waals surface area contributed by atoms with Gasteiger partial charge < -0.3 is 14.6 Å². The summed E-state index contributed by atoms with van der Waals surface area (Å²) in [4.78, 5) is 29.7. The van der Waals surface area contributed by atoms with Crippen LogP contribution in [0.4, 0.5) is 0 Å². The largest absolute Gasteiger partial charge is 0.378 e. The summed E-state index contributed by atoms with van der Waals surface area (Å²) in [5.41, 5.74) is 3.24. The van der Waals surface area contributed by atoms with Crippen molar-refractivity contribution < 1.29 is 9.53 Å². The highest BCUT2D eigenvalue weighted by Gasteiger charge is 2.18. The number of aromatic nitrogens is 1. The Balaban J connectivity index is 1.67. The Bertz CT molecular complexity index is 1020. The predicted molar refractivity (Wildman–Crippen MR) is 101 cm³/mol. The Hall–Kier alpha value is -2.92. The van der Waals surface area contributed by atoms with E-state index in [4.69, 9.17) is 4.74 Å². The first-order chi connectivity index (χ1) is 12.6. The molecule has 0 saturated carbocycles. The summed E-state index contributed by atoms with van der Waals surface area (Å²) in [6, 6.07) is 15.1. The van der Waals surface area contributed by atoms with Crippen LogP contribution in [0, 0.1) is 6.92 Å². The first-order valence-electron chi connectivity index (χ1n) is 8.73. The molecule has 0 atom stereocenters. The molecule has 5 heteroatoms. The second-order valence-corrected chi connectivity index (χ2v) is 6.53. The highest BCUT2D eigenvalue weighted by molar-refractivity contribution is 5.95. The van der Waals surface area contributed by atoms with Gasteiger partial charge in [0.05, 0.1) is 13.2 Å². The molecule has 4 rings (SSSR count). The first kappa shape index (κ1) is 16.5. The van der Waals surface area contributed by atoms with Gasteiger partial charge in [0.1, 0.15) is 0 Å². The van der Waals surface area contributed by atoms with Crippen LogP contribution in [0.3, 0.4) is 0 Å². The number of pyridine rings is 1. The lowest BCUT2D eigenvalue weighted by Gasteiger charge is -2.26. The molecule has 5 nitrogen and oxygen atoms in total. The minimum absolute atomic E-state index is 0.0164. The second kappa shape index (κ2) is 6.77. The molecular weight excluding hydrogens is 328 g/mol. The van der Waals surface area contributed by atoms with Crippen LogP contribution in [0.25, 0.3) is 22.0 Å². The molecule has 0 unspecified atom stereocenters. The molecule has 132 valence electrons. The van der Waals surface area contributed by atoms with Gasteiger partial charge in [-0.25, -0.2) is 0 Å². The van der Waals surface area contributed by atoms with Crippen molar-refractivity contribution >= 4 is 16.7 Å². The predicted octanol–water partition coefficient (Wildman–Crippen LogP) is 2.98. The lowest BCUT2D eigenvalue weighted by Crippen LogP contribution is -2.40. The second-order valence-electron chi connectivity index (χ2n) is 6.53. The van der Waals surface area contributed by atoms with Gasteiger partial charge in [-0.3, -0.25) is 9.59 Å². The van der Waals surface area contributed by atoms with Crippen molar-refractivity contribution in [1.82, 2.24) is 9.88 Å². The highest BCUT2D eigenvalue weighted by Crippen LogP contribution is 2.23. The monoisotopic (exact) mass is 348 g/mol. The molecule has 1 aliphatic heterocycles. The molecule has 0 radical (unpaired) electrons. The SMILES string of the molecule is Cc1cccc2c(=O)[nH]c(-c3ccc(C(=O)N4CCOCC4)cc3)cc12. The Labute approximate surface area is 151 Å². The summed E-state index contributed by atoms with van der Waals surface area (Å²) in [5, 5.41) is 1.63. The molecule has 0 bridgehead atoms. The first-order valence-corrected chi connectivity index (χ1v) is 8.73. The van der Waals surface area contributed by atoms with Gasteiger partial charge in [-0.1, -0.05) is 24.3 Å². The molecule has 26 heavy (non-hydrogen) atoms. The van der Waals surface area contributed by atoms with E-state index in [0.717, 1.165) is 22.2 Å². The fraction of sp³-hybridized carbons (Fsp3) is 0.238. The zero-order valence-electron chi connectivity index (χ0n) is 14.6. The number of fused-ring (bicyclic) bond motifs is 1. The van der Waals surface area contributed by atoms with Crippen LogP contribution in [0.15, 0.2) is 53.3 Å². The molecule has 0 spiro atoms. The average molecular weight is 348 g/mol. The van der Waals surface area contributed by atoms with Crippen LogP contribution < -0.4 is 5.56 Å². The van der Waals surface area contributed by atoms with E-state index in [-0.39, 0.29) is 11.5 Å². The number of hydrogen-bond donors (Lipinski definition) is 1. The highest BCUT2D eigenvalue weighted by atomic mass is 16.5. The van der Waals surface area contributed by atoms with Crippen molar-refractivity contribution in [3.05, 3.63) is 70.0 Å². The van der Waals surface area contributed by atoms with Crippen molar-refractivity contribution in [3.63, 3.8) is 0 Å². The number of benzene rings is 2. The van der Waals surface area contributed by atoms with E-state index < -0.39 is 0 Å². The number of carbonyl (C=O) groups excluding carboxylic acids is 1. The standard InChI is InChI=1S/C21H20N2O3/c1-14-3-2-4-17-18(14)13-19(22-20(17)24)15-5-7-16(8-6-15)21(25)23-9-11-26-12-10-23/h2-8,13H,9-12H2,1H3,(H,22,24). The average Bonchev–Trinajstić information content (AvgIpc) is 2.69. The van der Waals surface area contributed by atoms with E-state index in [1.165, 1.54) is 0 Å². The summed E-state index contributed by atoms with van der Waals surface area (Å²) in [5.74, 6) is 0.0164. The number of aromatic amines is 1. The van der Waals surface area contributed by atoms with E-state index in [9.17, 15) is 9.59 Å². The van der Waals surface area contributed by atoms with Crippen LogP contribution >= 0.6 is 0 Å². The zero-order valence-corrected chi connectivity index (χ0v) is 14.6. The molecular formula is C21H20N2O3. The topological polar surface area (TPSA) is 62.4 Å². The fourth-order valence-corrected chi connectivity index (χ4v) is 3.34. The van der Waals surface area contributed by atoms with Crippen molar-refractivity contribution in [1.29, 1.82) is 0 Å². The number of nitrogens with one attached hydrogen (secondary N) is 1. The number of H-pyrrole nitrogens is 1. The van der Waals surface area contributed by atoms with Gasteiger partial charge in [0.25, 0.3) is 11.5 Å². The number of carbonyl (C=O) groups is 1. The summed E-state index contributed by atoms with van der Waals surface area (Å²) < 4.78 is 5.29. The van der Waals surface area contributed by atoms with Crippen molar-refractivity contribution in [2.24, 2.45) is 0 Å². The summed E-state index contributed by atoms with van der Waals surface area (Å²) in [6.07, 6.45) is 0. The number of aryl methyl sites for hydroxylation is 1. The Kier molecular flexibility index (Phi) is 4.31. The number of ether oxygens (including phenoxy) is 1. The lowest BCUT2D eigenvalue weighted by atomic mass is 10.0. The normalized spacial score (nSPS) is 14.6. The van der Waals surface area contributed by atoms with E-state index in [2.05, 4.69) is 4.98 Å². The van der Waals surface area contributed by atoms with Crippen molar-refractivity contribution in [3.8, 4) is 11.3 Å². The quantitative estimate of drug-likeness (QED) is 0.774. The maximum absolute atomic E-state index is 12.5. The number of rotatable bonds is 2. The fourth-order valence-electron chi connectivity index (χ4n) is 3.34. The summed E-state index contributed by atoms with van der Waals surface area (Å²) in [7, 11) is 0. The van der Waals surface area contributed by atoms with Gasteiger partial charge in [-0.2, -0.15) is 0 Å². The molecule has 1 aromatic heterocycles. The summed E-state index contributed by atoms with van der Waals surface area (Å²) in [6.45, 7) is 4.41. The van der Waals surface area contributed by atoms with Gasteiger partial charge in [0, 0.05) is 29.7 Å². The molecule has 1 saturated heterocycles. The van der Waals surface area contributed by atoms with Crippen molar-refractivity contribution in [2.75, 3.05) is 26.3 Å². The third-order valence-corrected chi connectivity index (χ3v) is 4.85. The van der Waals surface area contributed by atoms with Crippen LogP contribution in [0.2, 0.25) is 0 Å². The van der Waals surface area contributed by atoms with Gasteiger partial charge in [0.15, 0.2) is 0 Å². The van der Waals surface area contributed by atoms with Gasteiger partial charge >= 0.3 is 0 Å².